The van der Waals surface area contributed by atoms with Gasteiger partial charge < -0.3 is 18.7 Å². The van der Waals surface area contributed by atoms with Crippen molar-refractivity contribution >= 4 is 11.3 Å². The molecule has 0 aromatic carbocycles. The van der Waals surface area contributed by atoms with Crippen LogP contribution in [-0.2, 0) is 10.9 Å². The lowest BCUT2D eigenvalue weighted by atomic mass is 9.83. The minimum absolute atomic E-state index is 0.0342. The van der Waals surface area contributed by atoms with Crippen LogP contribution in [0.3, 0.4) is 0 Å². The van der Waals surface area contributed by atoms with Crippen LogP contribution in [0.15, 0.2) is 28.4 Å². The van der Waals surface area contributed by atoms with Gasteiger partial charge in [0, 0.05) is 18.4 Å². The van der Waals surface area contributed by atoms with Gasteiger partial charge in [-0.15, -0.1) is 11.3 Å². The van der Waals surface area contributed by atoms with Gasteiger partial charge in [-0.3, -0.25) is 0 Å². The largest absolute Gasteiger partial charge is 0.473 e. The van der Waals surface area contributed by atoms with E-state index in [-0.39, 0.29) is 24.7 Å². The molecule has 1 fully saturated rings. The first-order valence-corrected chi connectivity index (χ1v) is 9.40. The minimum Gasteiger partial charge on any atom is -0.473 e. The number of alkyl halides is 3. The van der Waals surface area contributed by atoms with Crippen LogP contribution in [0.1, 0.15) is 29.5 Å². The number of hydrogen-bond donors (Lipinski definition) is 0. The highest BCUT2D eigenvalue weighted by Crippen LogP contribution is 2.42. The average Bonchev–Trinajstić information content (AvgIpc) is 3.32. The van der Waals surface area contributed by atoms with Crippen LogP contribution in [0, 0.1) is 0 Å². The highest BCUT2D eigenvalue weighted by atomic mass is 32.1. The van der Waals surface area contributed by atoms with Gasteiger partial charge in [0.25, 0.3) is 5.88 Å². The smallest absolute Gasteiger partial charge is 0.434 e. The van der Waals surface area contributed by atoms with E-state index in [1.165, 1.54) is 19.5 Å². The average molecular weight is 428 g/mol. The first kappa shape index (κ1) is 19.6. The molecule has 154 valence electrons. The predicted molar refractivity (Wildman–Crippen MR) is 93.5 cm³/mol. The number of rotatable bonds is 7. The Morgan fingerprint density at radius 2 is 2.03 bits per heavy atom. The van der Waals surface area contributed by atoms with Gasteiger partial charge in [-0.25, -0.2) is 15.0 Å². The Kier molecular flexibility index (Phi) is 5.37. The Morgan fingerprint density at radius 1 is 1.21 bits per heavy atom. The van der Waals surface area contributed by atoms with Crippen molar-refractivity contribution in [3.63, 3.8) is 0 Å². The van der Waals surface area contributed by atoms with Gasteiger partial charge in [-0.1, -0.05) is 0 Å². The van der Waals surface area contributed by atoms with E-state index in [1.54, 1.807) is 6.07 Å². The first-order valence-electron chi connectivity index (χ1n) is 8.52. The third-order valence-corrected chi connectivity index (χ3v) is 5.24. The second kappa shape index (κ2) is 7.95. The molecule has 3 aromatic heterocycles. The Labute approximate surface area is 166 Å². The second-order valence-corrected chi connectivity index (χ2v) is 7.19. The number of hydrogen-bond acceptors (Lipinski definition) is 9. The lowest BCUT2D eigenvalue weighted by molar-refractivity contribution is -0.140. The van der Waals surface area contributed by atoms with Crippen LogP contribution >= 0.6 is 11.3 Å². The van der Waals surface area contributed by atoms with Crippen LogP contribution < -0.4 is 9.47 Å². The van der Waals surface area contributed by atoms with Gasteiger partial charge in [0.15, 0.2) is 18.2 Å². The number of halogens is 3. The molecule has 0 aliphatic heterocycles. The molecule has 3 heterocycles. The molecule has 12 heteroatoms. The van der Waals surface area contributed by atoms with Gasteiger partial charge in [-0.2, -0.15) is 13.2 Å². The van der Waals surface area contributed by atoms with E-state index in [1.807, 2.05) is 0 Å². The quantitative estimate of drug-likeness (QED) is 0.523. The van der Waals surface area contributed by atoms with E-state index >= 15 is 0 Å². The lowest BCUT2D eigenvalue weighted by Gasteiger charge is -2.33. The Morgan fingerprint density at radius 3 is 2.69 bits per heavy atom. The van der Waals surface area contributed by atoms with Gasteiger partial charge in [0.1, 0.15) is 11.8 Å². The number of methoxy groups -OCH3 is 1. The molecule has 29 heavy (non-hydrogen) atoms. The van der Waals surface area contributed by atoms with E-state index in [9.17, 15) is 13.2 Å². The van der Waals surface area contributed by atoms with Crippen molar-refractivity contribution in [3.05, 3.63) is 34.5 Å². The summed E-state index contributed by atoms with van der Waals surface area (Å²) in [5.41, 5.74) is -0.391. The molecule has 0 atom stereocenters. The maximum absolute atomic E-state index is 12.6. The zero-order chi connectivity index (χ0) is 20.4. The zero-order valence-electron chi connectivity index (χ0n) is 15.0. The van der Waals surface area contributed by atoms with Crippen molar-refractivity contribution < 1.29 is 31.9 Å². The summed E-state index contributed by atoms with van der Waals surface area (Å²) in [4.78, 5) is 12.1. The summed E-state index contributed by atoms with van der Waals surface area (Å²) in [6.45, 7) is 0.0469. The van der Waals surface area contributed by atoms with Crippen molar-refractivity contribution in [3.8, 4) is 23.2 Å². The van der Waals surface area contributed by atoms with Crippen molar-refractivity contribution in [1.82, 2.24) is 20.1 Å². The normalized spacial score (nSPS) is 19.0. The molecule has 0 unspecified atom stereocenters. The maximum Gasteiger partial charge on any atom is 0.434 e. The third kappa shape index (κ3) is 4.48. The third-order valence-electron chi connectivity index (χ3n) is 4.24. The molecule has 3 aromatic rings. The molecule has 1 aliphatic carbocycles. The molecule has 0 N–H and O–H groups in total. The van der Waals surface area contributed by atoms with Crippen molar-refractivity contribution in [2.75, 3.05) is 13.9 Å². The molecular weight excluding hydrogens is 413 g/mol. The fourth-order valence-corrected chi connectivity index (χ4v) is 3.67. The van der Waals surface area contributed by atoms with Gasteiger partial charge in [0.2, 0.25) is 5.88 Å². The highest BCUT2D eigenvalue weighted by Gasteiger charge is 2.38. The van der Waals surface area contributed by atoms with Crippen LogP contribution in [0.2, 0.25) is 0 Å². The molecule has 1 saturated carbocycles. The topological polar surface area (TPSA) is 92.4 Å². The first-order chi connectivity index (χ1) is 13.9. The van der Waals surface area contributed by atoms with Gasteiger partial charge in [-0.05, 0) is 18.0 Å². The summed E-state index contributed by atoms with van der Waals surface area (Å²) in [7, 11) is 1.49. The molecule has 1 aliphatic rings. The van der Waals surface area contributed by atoms with Crippen molar-refractivity contribution in [2.45, 2.75) is 31.0 Å². The number of nitrogens with zero attached hydrogens (tertiary/aromatic N) is 4. The molecule has 0 spiro atoms. The summed E-state index contributed by atoms with van der Waals surface area (Å²) < 4.78 is 58.7. The molecule has 4 rings (SSSR count). The standard InChI is InChI=1S/C17H15F3N4O4S/c1-25-8-26-14-4-12(28-24-14)11-5-22-15(6-21-11)27-10-2-9(3-10)16-23-13(7-29-16)17(18,19)20/h4-7,9-10H,2-3,8H2,1H3/t9-,10+. The van der Waals surface area contributed by atoms with Crippen LogP contribution in [0.4, 0.5) is 13.2 Å². The van der Waals surface area contributed by atoms with Crippen molar-refractivity contribution in [1.29, 1.82) is 0 Å². The molecule has 8 nitrogen and oxygen atoms in total. The van der Waals surface area contributed by atoms with Crippen LogP contribution in [0.5, 0.6) is 11.8 Å². The second-order valence-electron chi connectivity index (χ2n) is 6.30. The Balaban J connectivity index is 1.30. The highest BCUT2D eigenvalue weighted by molar-refractivity contribution is 7.09. The molecule has 0 saturated heterocycles. The number of thiazole rings is 1. The molecular formula is C17H15F3N4O4S. The number of aromatic nitrogens is 4. The summed E-state index contributed by atoms with van der Waals surface area (Å²) in [5, 5.41) is 5.25. The minimum atomic E-state index is -4.41. The summed E-state index contributed by atoms with van der Waals surface area (Å²) in [5.74, 6) is 0.930. The van der Waals surface area contributed by atoms with E-state index in [4.69, 9.17) is 18.7 Å². The van der Waals surface area contributed by atoms with Gasteiger partial charge >= 0.3 is 6.18 Å². The summed E-state index contributed by atoms with van der Waals surface area (Å²) in [6.07, 6.45) is -0.467. The van der Waals surface area contributed by atoms with Crippen LogP contribution in [-0.4, -0.2) is 40.1 Å². The monoisotopic (exact) mass is 428 g/mol. The fourth-order valence-electron chi connectivity index (χ4n) is 2.71. The van der Waals surface area contributed by atoms with E-state index in [0.29, 0.717) is 35.2 Å². The molecule has 0 bridgehead atoms. The summed E-state index contributed by atoms with van der Waals surface area (Å²) >= 11 is 1.03. The van der Waals surface area contributed by atoms with Gasteiger partial charge in [0.05, 0.1) is 23.5 Å². The number of ether oxygens (including phenoxy) is 3. The van der Waals surface area contributed by atoms with Crippen molar-refractivity contribution in [2.24, 2.45) is 0 Å². The van der Waals surface area contributed by atoms with Crippen LogP contribution in [0.25, 0.3) is 11.5 Å². The Hall–Kier alpha value is -2.73. The fraction of sp³-hybridized carbons (Fsp3) is 0.412. The summed E-state index contributed by atoms with van der Waals surface area (Å²) in [6, 6.07) is 1.56. The van der Waals surface area contributed by atoms with E-state index < -0.39 is 11.9 Å². The lowest BCUT2D eigenvalue weighted by Crippen LogP contribution is -2.32. The predicted octanol–water partition coefficient (Wildman–Crippen LogP) is 3.91. The maximum atomic E-state index is 12.6. The molecule has 0 amide bonds. The molecule has 0 radical (unpaired) electrons. The Bertz CT molecular complexity index is 954. The zero-order valence-corrected chi connectivity index (χ0v) is 15.9. The SMILES string of the molecule is COCOc1cc(-c2cnc(O[C@H]3C[C@@H](c4nc(C(F)(F)F)cs4)C3)cn2)on1. The van der Waals surface area contributed by atoms with E-state index in [0.717, 1.165) is 16.7 Å². The van der Waals surface area contributed by atoms with E-state index in [2.05, 4.69) is 20.1 Å².